The van der Waals surface area contributed by atoms with Gasteiger partial charge in [0.1, 0.15) is 0 Å². The molecule has 0 aliphatic rings. The number of carbonyl (C=O) groups is 1. The van der Waals surface area contributed by atoms with Crippen molar-refractivity contribution in [1.82, 2.24) is 4.57 Å². The number of fused-ring (bicyclic) bond motifs is 1. The minimum Gasteiger partial charge on any atom is -0.316 e. The van der Waals surface area contributed by atoms with Crippen molar-refractivity contribution >= 4 is 22.4 Å². The highest BCUT2D eigenvalue weighted by atomic mass is 16.1. The lowest BCUT2D eigenvalue weighted by Crippen LogP contribution is -2.04. The Labute approximate surface area is 193 Å². The zero-order chi connectivity index (χ0) is 22.8. The molecule has 0 saturated carbocycles. The average Bonchev–Trinajstić information content (AvgIpc) is 3.25. The van der Waals surface area contributed by atoms with E-state index < -0.39 is 0 Å². The van der Waals surface area contributed by atoms with Crippen molar-refractivity contribution < 1.29 is 4.79 Å². The van der Waals surface area contributed by atoms with Crippen molar-refractivity contribution in [2.45, 2.75) is 13.3 Å². The molecule has 0 aliphatic carbocycles. The highest BCUT2D eigenvalue weighted by Crippen LogP contribution is 2.27. The van der Waals surface area contributed by atoms with Crippen LogP contribution in [0, 0.1) is 12.3 Å². The van der Waals surface area contributed by atoms with Crippen LogP contribution >= 0.6 is 0 Å². The summed E-state index contributed by atoms with van der Waals surface area (Å²) in [5, 5.41) is 9.91. The first kappa shape index (κ1) is 20.7. The van der Waals surface area contributed by atoms with Gasteiger partial charge in [0.05, 0.1) is 5.52 Å². The topological polar surface area (TPSA) is 45.9 Å². The van der Waals surface area contributed by atoms with Crippen molar-refractivity contribution in [1.29, 1.82) is 5.41 Å². The van der Waals surface area contributed by atoms with Crippen molar-refractivity contribution in [3.05, 3.63) is 137 Å². The molecule has 0 atom stereocenters. The summed E-state index contributed by atoms with van der Waals surface area (Å²) in [6.45, 7) is 2.09. The van der Waals surface area contributed by atoms with Gasteiger partial charge < -0.3 is 9.98 Å². The SMILES string of the molecule is Cc1ccccc1CC(=N)c1cn(-c2ccc(C(=O)c3ccccc3)cc2)c2ccccc12. The molecule has 3 heteroatoms. The molecule has 0 aliphatic heterocycles. The molecule has 1 heterocycles. The number of carbonyl (C=O) groups excluding carboxylic acids is 1. The molecule has 0 amide bonds. The van der Waals surface area contributed by atoms with E-state index in [1.807, 2.05) is 85.1 Å². The maximum absolute atomic E-state index is 12.8. The molecule has 0 unspecified atom stereocenters. The van der Waals surface area contributed by atoms with Crippen LogP contribution in [-0.2, 0) is 6.42 Å². The van der Waals surface area contributed by atoms with Crippen LogP contribution in [0.5, 0.6) is 0 Å². The molecule has 0 radical (unpaired) electrons. The highest BCUT2D eigenvalue weighted by molar-refractivity contribution is 6.11. The number of aromatic nitrogens is 1. The van der Waals surface area contributed by atoms with E-state index in [4.69, 9.17) is 5.41 Å². The summed E-state index contributed by atoms with van der Waals surface area (Å²) in [6.07, 6.45) is 2.63. The van der Waals surface area contributed by atoms with Gasteiger partial charge in [0.25, 0.3) is 0 Å². The number of nitrogens with one attached hydrogen (secondary N) is 1. The number of hydrogen-bond acceptors (Lipinski definition) is 2. The maximum Gasteiger partial charge on any atom is 0.193 e. The number of para-hydroxylation sites is 1. The largest absolute Gasteiger partial charge is 0.316 e. The van der Waals surface area contributed by atoms with Crippen molar-refractivity contribution in [3.8, 4) is 5.69 Å². The molecule has 0 fully saturated rings. The Balaban J connectivity index is 1.50. The Hall–Kier alpha value is -4.24. The van der Waals surface area contributed by atoms with Crippen LogP contribution in [0.4, 0.5) is 0 Å². The Morgan fingerprint density at radius 3 is 2.15 bits per heavy atom. The molecule has 5 aromatic rings. The van der Waals surface area contributed by atoms with Crippen LogP contribution in [0.15, 0.2) is 109 Å². The summed E-state index contributed by atoms with van der Waals surface area (Å²) in [4.78, 5) is 12.8. The molecular formula is C30H24N2O. The van der Waals surface area contributed by atoms with Crippen LogP contribution in [0.25, 0.3) is 16.6 Å². The first-order valence-corrected chi connectivity index (χ1v) is 11.0. The molecule has 4 aromatic carbocycles. The molecule has 1 N–H and O–H groups in total. The number of rotatable bonds is 6. The van der Waals surface area contributed by atoms with E-state index in [9.17, 15) is 4.79 Å². The number of aryl methyl sites for hydroxylation is 1. The molecule has 1 aromatic heterocycles. The van der Waals surface area contributed by atoms with E-state index in [-0.39, 0.29) is 5.78 Å². The Morgan fingerprint density at radius 1 is 0.758 bits per heavy atom. The molecular weight excluding hydrogens is 404 g/mol. The fraction of sp³-hybridized carbons (Fsp3) is 0.0667. The Kier molecular flexibility index (Phi) is 5.45. The minimum atomic E-state index is 0.0141. The zero-order valence-corrected chi connectivity index (χ0v) is 18.5. The highest BCUT2D eigenvalue weighted by Gasteiger charge is 2.15. The number of benzene rings is 4. The van der Waals surface area contributed by atoms with Gasteiger partial charge in [-0.3, -0.25) is 4.79 Å². The van der Waals surface area contributed by atoms with Crippen LogP contribution in [0.1, 0.15) is 32.6 Å². The van der Waals surface area contributed by atoms with Gasteiger partial charge in [0.15, 0.2) is 5.78 Å². The van der Waals surface area contributed by atoms with Crippen molar-refractivity contribution in [3.63, 3.8) is 0 Å². The lowest BCUT2D eigenvalue weighted by molar-refractivity contribution is 0.103. The number of hydrogen-bond donors (Lipinski definition) is 1. The van der Waals surface area contributed by atoms with Gasteiger partial charge in [-0.05, 0) is 48.4 Å². The quantitative estimate of drug-likeness (QED) is 0.235. The Morgan fingerprint density at radius 2 is 1.39 bits per heavy atom. The van der Waals surface area contributed by atoms with E-state index in [1.54, 1.807) is 0 Å². The van der Waals surface area contributed by atoms with E-state index in [1.165, 1.54) is 11.1 Å². The summed E-state index contributed by atoms with van der Waals surface area (Å²) >= 11 is 0. The summed E-state index contributed by atoms with van der Waals surface area (Å²) in [7, 11) is 0. The van der Waals surface area contributed by atoms with Gasteiger partial charge in [-0.25, -0.2) is 0 Å². The van der Waals surface area contributed by atoms with E-state index in [0.717, 1.165) is 22.2 Å². The Bertz CT molecular complexity index is 1460. The van der Waals surface area contributed by atoms with Crippen LogP contribution < -0.4 is 0 Å². The van der Waals surface area contributed by atoms with Gasteiger partial charge in [-0.1, -0.05) is 72.8 Å². The second kappa shape index (κ2) is 8.71. The van der Waals surface area contributed by atoms with Gasteiger partial charge >= 0.3 is 0 Å². The van der Waals surface area contributed by atoms with Gasteiger partial charge in [-0.15, -0.1) is 0 Å². The van der Waals surface area contributed by atoms with Crippen LogP contribution in [-0.4, -0.2) is 16.1 Å². The van der Waals surface area contributed by atoms with E-state index >= 15 is 0 Å². The normalized spacial score (nSPS) is 10.9. The molecule has 3 nitrogen and oxygen atoms in total. The summed E-state index contributed by atoms with van der Waals surface area (Å²) < 4.78 is 2.10. The first-order valence-electron chi connectivity index (χ1n) is 11.0. The molecule has 160 valence electrons. The van der Waals surface area contributed by atoms with Gasteiger partial charge in [0, 0.05) is 46.1 Å². The smallest absolute Gasteiger partial charge is 0.193 e. The predicted molar refractivity (Wildman–Crippen MR) is 135 cm³/mol. The summed E-state index contributed by atoms with van der Waals surface area (Å²) in [5.41, 5.74) is 7.24. The zero-order valence-electron chi connectivity index (χ0n) is 18.5. The number of ketones is 1. The van der Waals surface area contributed by atoms with Crippen LogP contribution in [0.3, 0.4) is 0 Å². The summed E-state index contributed by atoms with van der Waals surface area (Å²) in [5.74, 6) is 0.0141. The van der Waals surface area contributed by atoms with E-state index in [2.05, 4.69) is 35.8 Å². The molecule has 5 rings (SSSR count). The third-order valence-corrected chi connectivity index (χ3v) is 6.11. The molecule has 0 bridgehead atoms. The fourth-order valence-electron chi connectivity index (χ4n) is 4.26. The van der Waals surface area contributed by atoms with Crippen molar-refractivity contribution in [2.24, 2.45) is 0 Å². The molecule has 0 saturated heterocycles. The third kappa shape index (κ3) is 4.01. The fourth-order valence-corrected chi connectivity index (χ4v) is 4.26. The monoisotopic (exact) mass is 428 g/mol. The third-order valence-electron chi connectivity index (χ3n) is 6.11. The molecule has 33 heavy (non-hydrogen) atoms. The average molecular weight is 429 g/mol. The first-order chi connectivity index (χ1) is 16.1. The van der Waals surface area contributed by atoms with Gasteiger partial charge in [0.2, 0.25) is 0 Å². The van der Waals surface area contributed by atoms with Crippen molar-refractivity contribution in [2.75, 3.05) is 0 Å². The summed E-state index contributed by atoms with van der Waals surface area (Å²) in [6, 6.07) is 33.4. The second-order valence-corrected chi connectivity index (χ2v) is 8.25. The lowest BCUT2D eigenvalue weighted by Gasteiger charge is -2.07. The van der Waals surface area contributed by atoms with E-state index in [0.29, 0.717) is 23.3 Å². The maximum atomic E-state index is 12.8. The van der Waals surface area contributed by atoms with Gasteiger partial charge in [-0.2, -0.15) is 0 Å². The predicted octanol–water partition coefficient (Wildman–Crippen LogP) is 6.78. The second-order valence-electron chi connectivity index (χ2n) is 8.25. The standard InChI is InChI=1S/C30H24N2O/c1-21-9-5-6-12-24(21)19-28(31)27-20-32(29-14-8-7-13-26(27)29)25-17-15-23(16-18-25)30(33)22-10-3-2-4-11-22/h2-18,20,31H,19H2,1H3. The van der Waals surface area contributed by atoms with Crippen LogP contribution in [0.2, 0.25) is 0 Å². The number of nitrogens with zero attached hydrogens (tertiary/aromatic N) is 1. The molecule has 0 spiro atoms. The lowest BCUT2D eigenvalue weighted by atomic mass is 9.99. The minimum absolute atomic E-state index is 0.0141.